The fraction of sp³-hybridized carbons (Fsp3) is 0.471. The molecule has 0 aromatic heterocycles. The zero-order valence-electron chi connectivity index (χ0n) is 13.6. The van der Waals surface area contributed by atoms with Crippen LogP contribution in [0.1, 0.15) is 45.1 Å². The van der Waals surface area contributed by atoms with Crippen LogP contribution < -0.4 is 5.32 Å². The third-order valence-electron chi connectivity index (χ3n) is 2.87. The molecule has 0 spiro atoms. The molecule has 1 aromatic rings. The molecule has 0 bridgehead atoms. The highest BCUT2D eigenvalue weighted by atomic mass is 16.6. The van der Waals surface area contributed by atoms with Crippen molar-refractivity contribution in [3.63, 3.8) is 0 Å². The van der Waals surface area contributed by atoms with E-state index in [0.717, 1.165) is 25.7 Å². The van der Waals surface area contributed by atoms with Crippen molar-refractivity contribution in [2.75, 3.05) is 13.2 Å². The Morgan fingerprint density at radius 1 is 1.09 bits per heavy atom. The van der Waals surface area contributed by atoms with Crippen molar-refractivity contribution in [2.24, 2.45) is 4.99 Å². The smallest absolute Gasteiger partial charge is 0.435 e. The van der Waals surface area contributed by atoms with Crippen LogP contribution in [0, 0.1) is 6.07 Å². The van der Waals surface area contributed by atoms with Gasteiger partial charge in [-0.05, 0) is 18.9 Å². The van der Waals surface area contributed by atoms with E-state index in [4.69, 9.17) is 9.47 Å². The fourth-order valence-corrected chi connectivity index (χ4v) is 1.58. The first-order valence-electron chi connectivity index (χ1n) is 7.83. The molecule has 23 heavy (non-hydrogen) atoms. The molecule has 125 valence electrons. The summed E-state index contributed by atoms with van der Waals surface area (Å²) in [6.45, 7) is 4.62. The van der Waals surface area contributed by atoms with Crippen LogP contribution in [0.4, 0.5) is 9.59 Å². The van der Waals surface area contributed by atoms with Crippen LogP contribution in [-0.2, 0) is 9.47 Å². The minimum Gasteiger partial charge on any atom is -0.449 e. The number of unbranched alkanes of at least 4 members (excludes halogenated alkanes) is 2. The second-order valence-corrected chi connectivity index (χ2v) is 4.83. The Hall–Kier alpha value is -2.37. The van der Waals surface area contributed by atoms with E-state index in [1.807, 2.05) is 13.8 Å². The Kier molecular flexibility index (Phi) is 9.12. The summed E-state index contributed by atoms with van der Waals surface area (Å²) in [5.74, 6) is 0.0991. The third kappa shape index (κ3) is 7.99. The maximum absolute atomic E-state index is 11.8. The number of carbonyl (C=O) groups excluding carboxylic acids is 2. The Balaban J connectivity index is 2.73. The molecule has 0 atom stereocenters. The minimum absolute atomic E-state index is 0.0991. The summed E-state index contributed by atoms with van der Waals surface area (Å²) in [7, 11) is 0. The van der Waals surface area contributed by atoms with Crippen molar-refractivity contribution in [1.82, 2.24) is 5.32 Å². The molecule has 0 saturated carbocycles. The minimum atomic E-state index is -0.741. The van der Waals surface area contributed by atoms with Crippen molar-refractivity contribution in [3.8, 4) is 0 Å². The summed E-state index contributed by atoms with van der Waals surface area (Å²) in [5.41, 5.74) is 0.573. The molecule has 1 rings (SSSR count). The summed E-state index contributed by atoms with van der Waals surface area (Å²) in [6, 6.07) is 9.56. The van der Waals surface area contributed by atoms with Gasteiger partial charge in [-0.1, -0.05) is 51.0 Å². The van der Waals surface area contributed by atoms with Crippen LogP contribution in [0.5, 0.6) is 0 Å². The van der Waals surface area contributed by atoms with E-state index in [-0.39, 0.29) is 5.84 Å². The van der Waals surface area contributed by atoms with Crippen molar-refractivity contribution in [2.45, 2.75) is 39.5 Å². The monoisotopic (exact) mass is 319 g/mol. The number of alkyl carbamates (subject to hydrolysis) is 1. The third-order valence-corrected chi connectivity index (χ3v) is 2.87. The van der Waals surface area contributed by atoms with Crippen LogP contribution in [-0.4, -0.2) is 31.2 Å². The lowest BCUT2D eigenvalue weighted by Gasteiger charge is -2.09. The Bertz CT molecular complexity index is 515. The molecule has 0 aliphatic heterocycles. The van der Waals surface area contributed by atoms with Crippen LogP contribution in [0.2, 0.25) is 0 Å². The zero-order chi connectivity index (χ0) is 16.9. The standard InChI is InChI=1S/C17H23N2O4/c1-3-5-12-22-16(20)18-15(14-10-8-7-9-11-14)19-17(21)23-13-6-4-2/h8-11H,3-6,12-13H2,1-2H3,(H,18,19,20,21). The van der Waals surface area contributed by atoms with Gasteiger partial charge in [-0.15, -0.1) is 0 Å². The number of carbonyl (C=O) groups is 2. The molecule has 1 N–H and O–H groups in total. The Labute approximate surface area is 136 Å². The molecule has 1 radical (unpaired) electrons. The van der Waals surface area contributed by atoms with E-state index in [0.29, 0.717) is 18.8 Å². The number of nitrogens with one attached hydrogen (secondary N) is 1. The van der Waals surface area contributed by atoms with Gasteiger partial charge < -0.3 is 9.47 Å². The van der Waals surface area contributed by atoms with Gasteiger partial charge in [-0.2, -0.15) is 4.99 Å². The molecular weight excluding hydrogens is 296 g/mol. The predicted molar refractivity (Wildman–Crippen MR) is 87.5 cm³/mol. The number of benzene rings is 1. The number of rotatable bonds is 7. The lowest BCUT2D eigenvalue weighted by atomic mass is 10.2. The van der Waals surface area contributed by atoms with Crippen molar-refractivity contribution in [3.05, 3.63) is 35.9 Å². The quantitative estimate of drug-likeness (QED) is 0.472. The SMILES string of the molecule is CCCCOC(=O)N=C(NC(=O)OCCCC)c1cc[c]cc1. The van der Waals surface area contributed by atoms with E-state index in [2.05, 4.69) is 16.4 Å². The maximum atomic E-state index is 11.8. The highest BCUT2D eigenvalue weighted by Gasteiger charge is 2.12. The first-order chi connectivity index (χ1) is 11.2. The van der Waals surface area contributed by atoms with E-state index in [9.17, 15) is 9.59 Å². The van der Waals surface area contributed by atoms with Gasteiger partial charge in [-0.25, -0.2) is 9.59 Å². The summed E-state index contributed by atoms with van der Waals surface area (Å²) >= 11 is 0. The predicted octanol–water partition coefficient (Wildman–Crippen LogP) is 3.70. The molecule has 0 unspecified atom stereocenters. The second kappa shape index (κ2) is 11.2. The summed E-state index contributed by atoms with van der Waals surface area (Å²) < 4.78 is 10.0. The maximum Gasteiger partial charge on any atom is 0.435 e. The van der Waals surface area contributed by atoms with Crippen LogP contribution >= 0.6 is 0 Å². The molecule has 0 fully saturated rings. The first-order valence-corrected chi connectivity index (χ1v) is 7.83. The number of hydrogen-bond acceptors (Lipinski definition) is 4. The molecule has 2 amide bonds. The Morgan fingerprint density at radius 3 is 2.30 bits per heavy atom. The summed E-state index contributed by atoms with van der Waals surface area (Å²) in [6.07, 6.45) is 2.00. The topological polar surface area (TPSA) is 77.0 Å². The first kappa shape index (κ1) is 18.7. The van der Waals surface area contributed by atoms with E-state index >= 15 is 0 Å². The number of ether oxygens (including phenoxy) is 2. The highest BCUT2D eigenvalue weighted by molar-refractivity contribution is 6.09. The second-order valence-electron chi connectivity index (χ2n) is 4.83. The van der Waals surface area contributed by atoms with Crippen molar-refractivity contribution in [1.29, 1.82) is 0 Å². The number of hydrogen-bond donors (Lipinski definition) is 1. The molecular formula is C17H23N2O4. The van der Waals surface area contributed by atoms with Gasteiger partial charge in [-0.3, -0.25) is 5.32 Å². The number of amidine groups is 1. The molecule has 6 heteroatoms. The van der Waals surface area contributed by atoms with Gasteiger partial charge in [0.15, 0.2) is 0 Å². The molecule has 6 nitrogen and oxygen atoms in total. The largest absolute Gasteiger partial charge is 0.449 e. The molecule has 0 aliphatic carbocycles. The number of aliphatic imine (C=N–C) groups is 1. The van der Waals surface area contributed by atoms with Gasteiger partial charge in [0.1, 0.15) is 5.84 Å². The molecule has 0 aliphatic rings. The van der Waals surface area contributed by atoms with Gasteiger partial charge in [0.2, 0.25) is 0 Å². The van der Waals surface area contributed by atoms with Crippen molar-refractivity contribution < 1.29 is 19.1 Å². The summed E-state index contributed by atoms with van der Waals surface area (Å²) in [5, 5.41) is 2.49. The van der Waals surface area contributed by atoms with E-state index < -0.39 is 12.2 Å². The Morgan fingerprint density at radius 2 is 1.70 bits per heavy atom. The molecule has 1 aromatic carbocycles. The fourth-order valence-electron chi connectivity index (χ4n) is 1.58. The number of nitrogens with zero attached hydrogens (tertiary/aromatic N) is 1. The molecule has 0 heterocycles. The van der Waals surface area contributed by atoms with Crippen LogP contribution in [0.25, 0.3) is 0 Å². The van der Waals surface area contributed by atoms with Gasteiger partial charge in [0.05, 0.1) is 13.2 Å². The average molecular weight is 319 g/mol. The van der Waals surface area contributed by atoms with E-state index in [1.54, 1.807) is 24.3 Å². The molecule has 0 saturated heterocycles. The van der Waals surface area contributed by atoms with Gasteiger partial charge in [0.25, 0.3) is 0 Å². The lowest BCUT2D eigenvalue weighted by Crippen LogP contribution is -2.33. The zero-order valence-corrected chi connectivity index (χ0v) is 13.6. The van der Waals surface area contributed by atoms with Crippen molar-refractivity contribution >= 4 is 18.0 Å². The van der Waals surface area contributed by atoms with Crippen LogP contribution in [0.3, 0.4) is 0 Å². The normalized spacial score (nSPS) is 11.0. The van der Waals surface area contributed by atoms with Crippen LogP contribution in [0.15, 0.2) is 29.3 Å². The summed E-state index contributed by atoms with van der Waals surface area (Å²) in [4.78, 5) is 27.3. The van der Waals surface area contributed by atoms with Gasteiger partial charge in [0, 0.05) is 5.56 Å². The average Bonchev–Trinajstić information content (AvgIpc) is 2.55. The lowest BCUT2D eigenvalue weighted by molar-refractivity contribution is 0.149. The highest BCUT2D eigenvalue weighted by Crippen LogP contribution is 2.02. The van der Waals surface area contributed by atoms with E-state index in [1.165, 1.54) is 0 Å². The number of amides is 2. The van der Waals surface area contributed by atoms with Gasteiger partial charge >= 0.3 is 12.2 Å².